The van der Waals surface area contributed by atoms with Crippen molar-refractivity contribution in [2.24, 2.45) is 0 Å². The summed E-state index contributed by atoms with van der Waals surface area (Å²) in [7, 11) is 0. The zero-order chi connectivity index (χ0) is 35.6. The monoisotopic (exact) mass is 681 g/mol. The molecule has 0 bridgehead atoms. The third kappa shape index (κ3) is 39.9. The van der Waals surface area contributed by atoms with Crippen molar-refractivity contribution >= 4 is 5.97 Å². The number of carbonyl (C=O) groups excluding carboxylic acids is 1. The molecule has 4 heteroatoms. The average Bonchev–Trinajstić information content (AvgIpc) is 3.11. The molecule has 0 fully saturated rings. The third-order valence-electron chi connectivity index (χ3n) is 8.20. The molecule has 0 spiro atoms. The van der Waals surface area contributed by atoms with Crippen molar-refractivity contribution in [2.45, 2.75) is 174 Å². The maximum atomic E-state index is 12.2. The standard InChI is InChI=1S/C45H76O4/c1-3-5-7-9-11-13-15-17-19-21-22-23-24-25-26-28-30-32-34-36-38-40-45(47)49-44(42-46)43-48-41-39-37-35-33-31-29-27-20-18-16-14-12-10-8-6-4-2/h5,7,11,13,17-20,22-23,25-26,30,32,44,46H,3-4,6,8-10,12,14-16,21,24,27-29,31,33-43H2,1-2H3/b7-5-,13-11-,19-17-,20-18-,23-22-,26-25-,32-30-. The van der Waals surface area contributed by atoms with Gasteiger partial charge >= 0.3 is 5.97 Å². The largest absolute Gasteiger partial charge is 0.457 e. The van der Waals surface area contributed by atoms with Crippen molar-refractivity contribution in [3.05, 3.63) is 85.1 Å². The Hall–Kier alpha value is -2.43. The van der Waals surface area contributed by atoms with Crippen LogP contribution in [0.2, 0.25) is 0 Å². The number of hydrogen-bond acceptors (Lipinski definition) is 4. The molecular weight excluding hydrogens is 604 g/mol. The summed E-state index contributed by atoms with van der Waals surface area (Å²) in [6.45, 7) is 5.15. The van der Waals surface area contributed by atoms with Gasteiger partial charge in [-0.25, -0.2) is 0 Å². The smallest absolute Gasteiger partial charge is 0.306 e. The van der Waals surface area contributed by atoms with Gasteiger partial charge in [0.15, 0.2) is 0 Å². The Morgan fingerprint density at radius 1 is 0.510 bits per heavy atom. The van der Waals surface area contributed by atoms with E-state index in [0.29, 0.717) is 13.0 Å². The lowest BCUT2D eigenvalue weighted by Crippen LogP contribution is -2.27. The first-order valence-corrected chi connectivity index (χ1v) is 20.2. The first-order valence-electron chi connectivity index (χ1n) is 20.2. The number of rotatable bonds is 36. The summed E-state index contributed by atoms with van der Waals surface area (Å²) in [5.41, 5.74) is 0. The second-order valence-corrected chi connectivity index (χ2v) is 13.0. The molecule has 0 rings (SSSR count). The second kappa shape index (κ2) is 41.7. The lowest BCUT2D eigenvalue weighted by molar-refractivity contribution is -0.154. The fourth-order valence-corrected chi connectivity index (χ4v) is 5.21. The molecule has 0 saturated heterocycles. The van der Waals surface area contributed by atoms with Crippen LogP contribution in [0.25, 0.3) is 0 Å². The molecule has 280 valence electrons. The van der Waals surface area contributed by atoms with E-state index in [1.54, 1.807) is 0 Å². The van der Waals surface area contributed by atoms with Crippen LogP contribution in [0.4, 0.5) is 0 Å². The highest BCUT2D eigenvalue weighted by Gasteiger charge is 2.13. The maximum Gasteiger partial charge on any atom is 0.306 e. The number of unbranched alkanes of at least 4 members (excludes halogenated alkanes) is 14. The summed E-state index contributed by atoms with van der Waals surface area (Å²) in [6, 6.07) is 0. The van der Waals surface area contributed by atoms with Gasteiger partial charge in [0, 0.05) is 13.0 Å². The van der Waals surface area contributed by atoms with Gasteiger partial charge in [0.25, 0.3) is 0 Å². The van der Waals surface area contributed by atoms with Crippen molar-refractivity contribution in [3.8, 4) is 0 Å². The van der Waals surface area contributed by atoms with E-state index in [2.05, 4.69) is 98.9 Å². The minimum atomic E-state index is -0.565. The molecule has 0 aromatic carbocycles. The molecule has 0 aromatic rings. The van der Waals surface area contributed by atoms with Crippen molar-refractivity contribution in [3.63, 3.8) is 0 Å². The predicted octanol–water partition coefficient (Wildman–Crippen LogP) is 13.2. The SMILES string of the molecule is CC/C=C\C/C=C\C/C=C\C/C=C\C/C=C\C/C=C\CCCCC(=O)OC(CO)COCCCCCCCC/C=C\CCCCCCCC. The number of ether oxygens (including phenoxy) is 2. The maximum absolute atomic E-state index is 12.2. The molecule has 0 radical (unpaired) electrons. The third-order valence-corrected chi connectivity index (χ3v) is 8.20. The first-order chi connectivity index (χ1) is 24.2. The van der Waals surface area contributed by atoms with Gasteiger partial charge in [-0.3, -0.25) is 4.79 Å². The molecule has 1 unspecified atom stereocenters. The summed E-state index contributed by atoms with van der Waals surface area (Å²) in [4.78, 5) is 12.2. The first kappa shape index (κ1) is 46.6. The topological polar surface area (TPSA) is 55.8 Å². The zero-order valence-corrected chi connectivity index (χ0v) is 31.9. The van der Waals surface area contributed by atoms with E-state index < -0.39 is 6.10 Å². The van der Waals surface area contributed by atoms with Gasteiger partial charge in [-0.2, -0.15) is 0 Å². The van der Waals surface area contributed by atoms with Gasteiger partial charge in [0.1, 0.15) is 6.10 Å². The quantitative estimate of drug-likeness (QED) is 0.0406. The Morgan fingerprint density at radius 3 is 1.41 bits per heavy atom. The minimum absolute atomic E-state index is 0.197. The fraction of sp³-hybridized carbons (Fsp3) is 0.667. The molecular formula is C45H76O4. The Morgan fingerprint density at radius 2 is 0.918 bits per heavy atom. The Balaban J connectivity index is 3.59. The van der Waals surface area contributed by atoms with Gasteiger partial charge in [0.2, 0.25) is 0 Å². The molecule has 4 nitrogen and oxygen atoms in total. The van der Waals surface area contributed by atoms with Gasteiger partial charge in [0.05, 0.1) is 13.2 Å². The molecule has 0 amide bonds. The summed E-state index contributed by atoms with van der Waals surface area (Å²) in [5.74, 6) is -0.248. The number of aliphatic hydroxyl groups excluding tert-OH is 1. The van der Waals surface area contributed by atoms with E-state index in [9.17, 15) is 9.90 Å². The molecule has 0 aromatic heterocycles. The summed E-state index contributed by atoms with van der Waals surface area (Å²) in [5, 5.41) is 9.58. The molecule has 0 aliphatic heterocycles. The van der Waals surface area contributed by atoms with Crippen LogP contribution >= 0.6 is 0 Å². The second-order valence-electron chi connectivity index (χ2n) is 13.0. The van der Waals surface area contributed by atoms with Crippen LogP contribution in [0.3, 0.4) is 0 Å². The van der Waals surface area contributed by atoms with Crippen LogP contribution in [-0.4, -0.2) is 37.0 Å². The number of allylic oxidation sites excluding steroid dienone is 14. The zero-order valence-electron chi connectivity index (χ0n) is 31.9. The molecule has 1 N–H and O–H groups in total. The van der Waals surface area contributed by atoms with Gasteiger partial charge in [-0.05, 0) is 89.9 Å². The Labute approximate surface area is 303 Å². The lowest BCUT2D eigenvalue weighted by Gasteiger charge is -2.15. The van der Waals surface area contributed by atoms with Crippen LogP contribution in [0, 0.1) is 0 Å². The van der Waals surface area contributed by atoms with E-state index in [1.165, 1.54) is 77.0 Å². The molecule has 49 heavy (non-hydrogen) atoms. The number of aliphatic hydroxyl groups is 1. The number of hydrogen-bond donors (Lipinski definition) is 1. The van der Waals surface area contributed by atoms with Gasteiger partial charge in [-0.1, -0.05) is 157 Å². The highest BCUT2D eigenvalue weighted by molar-refractivity contribution is 5.69. The molecule has 0 aliphatic carbocycles. The summed E-state index contributed by atoms with van der Waals surface area (Å²) >= 11 is 0. The van der Waals surface area contributed by atoms with E-state index >= 15 is 0 Å². The minimum Gasteiger partial charge on any atom is -0.457 e. The Kier molecular flexibility index (Phi) is 39.7. The lowest BCUT2D eigenvalue weighted by atomic mass is 10.1. The summed E-state index contributed by atoms with van der Waals surface area (Å²) in [6.07, 6.45) is 57.7. The van der Waals surface area contributed by atoms with Gasteiger partial charge < -0.3 is 14.6 Å². The fourth-order valence-electron chi connectivity index (χ4n) is 5.21. The number of esters is 1. The van der Waals surface area contributed by atoms with Crippen molar-refractivity contribution < 1.29 is 19.4 Å². The normalized spacial score (nSPS) is 13.3. The van der Waals surface area contributed by atoms with E-state index in [-0.39, 0.29) is 19.2 Å². The molecule has 0 saturated carbocycles. The molecule has 0 heterocycles. The van der Waals surface area contributed by atoms with Crippen molar-refractivity contribution in [1.29, 1.82) is 0 Å². The van der Waals surface area contributed by atoms with Crippen LogP contribution < -0.4 is 0 Å². The molecule has 1 atom stereocenters. The average molecular weight is 681 g/mol. The van der Waals surface area contributed by atoms with E-state index in [1.807, 2.05) is 0 Å². The number of carbonyl (C=O) groups is 1. The van der Waals surface area contributed by atoms with Crippen LogP contribution in [0.15, 0.2) is 85.1 Å². The van der Waals surface area contributed by atoms with E-state index in [4.69, 9.17) is 9.47 Å². The van der Waals surface area contributed by atoms with Gasteiger partial charge in [-0.15, -0.1) is 0 Å². The Bertz CT molecular complexity index is 892. The van der Waals surface area contributed by atoms with Crippen LogP contribution in [0.5, 0.6) is 0 Å². The molecule has 0 aliphatic rings. The van der Waals surface area contributed by atoms with E-state index in [0.717, 1.165) is 70.6 Å². The van der Waals surface area contributed by atoms with Crippen LogP contribution in [-0.2, 0) is 14.3 Å². The van der Waals surface area contributed by atoms with Crippen LogP contribution in [0.1, 0.15) is 168 Å². The van der Waals surface area contributed by atoms with Crippen molar-refractivity contribution in [1.82, 2.24) is 0 Å². The summed E-state index contributed by atoms with van der Waals surface area (Å²) < 4.78 is 11.1. The van der Waals surface area contributed by atoms with Crippen molar-refractivity contribution in [2.75, 3.05) is 19.8 Å². The highest BCUT2D eigenvalue weighted by Crippen LogP contribution is 2.11. The predicted molar refractivity (Wildman–Crippen MR) is 214 cm³/mol. The highest BCUT2D eigenvalue weighted by atomic mass is 16.6.